The molecule has 3 heterocycles. The van der Waals surface area contributed by atoms with Gasteiger partial charge in [-0.25, -0.2) is 15.0 Å². The number of hydrogen-bond acceptors (Lipinski definition) is 9. The number of imidazole rings is 1. The molecule has 10 nitrogen and oxygen atoms in total. The Hall–Kier alpha value is -1.87. The van der Waals surface area contributed by atoms with Crippen LogP contribution in [0, 0.1) is 5.92 Å². The first-order valence-electron chi connectivity index (χ1n) is 12.9. The highest BCUT2D eigenvalue weighted by atomic mass is 28.4. The molecule has 2 aromatic rings. The zero-order valence-corrected chi connectivity index (χ0v) is 26.3. The first-order chi connectivity index (χ1) is 16.9. The number of nitrogens with zero attached hydrogens (tertiary/aromatic N) is 4. The smallest absolute Gasteiger partial charge is 0.305 e. The van der Waals surface area contributed by atoms with Crippen molar-refractivity contribution in [2.45, 2.75) is 103 Å². The van der Waals surface area contributed by atoms with Crippen molar-refractivity contribution < 1.29 is 23.1 Å². The fraction of sp³-hybridized carbons (Fsp3) is 0.760. The summed E-state index contributed by atoms with van der Waals surface area (Å²) in [6.07, 6.45) is 1.83. The fourth-order valence-corrected chi connectivity index (χ4v) is 6.26. The van der Waals surface area contributed by atoms with Gasteiger partial charge in [-0.2, -0.15) is 0 Å². The molecule has 2 aromatic heterocycles. The van der Waals surface area contributed by atoms with E-state index in [2.05, 4.69) is 82.7 Å². The third-order valence-electron chi connectivity index (χ3n) is 8.44. The molecule has 1 aliphatic heterocycles. The standard InChI is InChI=1S/C25H45N5O5Si2/c1-24(2,3)36(8,9)33-13-17-16(12-18(31)32-7)20(35-37(10,11)25(4,5)6)23(34-17)30-15-29-19-21(26)27-14-28-22(19)30/h14-17,20,23H,12-13H2,1-11H3,(H2,26,27,28)/t16-,17+,20+,23+/m0/s1. The monoisotopic (exact) mass is 551 g/mol. The molecule has 12 heteroatoms. The number of hydrogen-bond donors (Lipinski definition) is 1. The molecule has 0 bridgehead atoms. The van der Waals surface area contributed by atoms with Crippen LogP contribution in [0.15, 0.2) is 12.7 Å². The Bertz CT molecular complexity index is 1110. The summed E-state index contributed by atoms with van der Waals surface area (Å²) in [4.78, 5) is 25.6. The lowest BCUT2D eigenvalue weighted by atomic mass is 9.94. The summed E-state index contributed by atoms with van der Waals surface area (Å²) in [5, 5.41) is -0.0123. The van der Waals surface area contributed by atoms with Gasteiger partial charge in [0, 0.05) is 5.92 Å². The van der Waals surface area contributed by atoms with Crippen LogP contribution in [0.4, 0.5) is 5.82 Å². The lowest BCUT2D eigenvalue weighted by molar-refractivity contribution is -0.143. The van der Waals surface area contributed by atoms with E-state index in [0.717, 1.165) is 0 Å². The largest absolute Gasteiger partial charge is 0.469 e. The van der Waals surface area contributed by atoms with Gasteiger partial charge in [-0.15, -0.1) is 0 Å². The molecule has 208 valence electrons. The van der Waals surface area contributed by atoms with Gasteiger partial charge in [0.1, 0.15) is 11.8 Å². The zero-order chi connectivity index (χ0) is 28.0. The van der Waals surface area contributed by atoms with E-state index in [1.807, 2.05) is 4.57 Å². The summed E-state index contributed by atoms with van der Waals surface area (Å²) in [5.74, 6) is -0.294. The van der Waals surface area contributed by atoms with Crippen LogP contribution >= 0.6 is 0 Å². The van der Waals surface area contributed by atoms with Crippen LogP contribution in [0.25, 0.3) is 11.2 Å². The first kappa shape index (κ1) is 29.7. The third-order valence-corrected chi connectivity index (χ3v) is 17.4. The number of ether oxygens (including phenoxy) is 2. The summed E-state index contributed by atoms with van der Waals surface area (Å²) in [5.41, 5.74) is 7.13. The number of nitrogen functional groups attached to an aromatic ring is 1. The molecule has 0 aliphatic carbocycles. The van der Waals surface area contributed by atoms with Crippen molar-refractivity contribution in [1.82, 2.24) is 19.5 Å². The molecular formula is C25H45N5O5Si2. The minimum absolute atomic E-state index is 0.0366. The molecule has 0 unspecified atom stereocenters. The number of carbonyl (C=O) groups is 1. The Balaban J connectivity index is 2.07. The Morgan fingerprint density at radius 1 is 1.05 bits per heavy atom. The summed E-state index contributed by atoms with van der Waals surface area (Å²) < 4.78 is 27.2. The van der Waals surface area contributed by atoms with Crippen LogP contribution in [0.5, 0.6) is 0 Å². The number of aromatic nitrogens is 4. The quantitative estimate of drug-likeness (QED) is 0.360. The first-order valence-corrected chi connectivity index (χ1v) is 18.7. The van der Waals surface area contributed by atoms with E-state index < -0.39 is 29.0 Å². The maximum Gasteiger partial charge on any atom is 0.305 e. The van der Waals surface area contributed by atoms with Gasteiger partial charge in [-0.05, 0) is 36.3 Å². The maximum absolute atomic E-state index is 12.6. The van der Waals surface area contributed by atoms with Crippen LogP contribution in [0.1, 0.15) is 54.2 Å². The highest BCUT2D eigenvalue weighted by Gasteiger charge is 2.52. The van der Waals surface area contributed by atoms with Gasteiger partial charge in [-0.3, -0.25) is 9.36 Å². The topological polar surface area (TPSA) is 124 Å². The molecule has 2 N–H and O–H groups in total. The van der Waals surface area contributed by atoms with Crippen molar-refractivity contribution in [1.29, 1.82) is 0 Å². The second-order valence-electron chi connectivity index (χ2n) is 13.0. The number of methoxy groups -OCH3 is 1. The molecule has 0 saturated carbocycles. The lowest BCUT2D eigenvalue weighted by Crippen LogP contribution is -2.48. The van der Waals surface area contributed by atoms with Crippen molar-refractivity contribution in [3.63, 3.8) is 0 Å². The number of fused-ring (bicyclic) bond motifs is 1. The second kappa shape index (κ2) is 10.4. The Morgan fingerprint density at radius 3 is 2.24 bits per heavy atom. The van der Waals surface area contributed by atoms with Gasteiger partial charge < -0.3 is 24.1 Å². The zero-order valence-electron chi connectivity index (χ0n) is 24.3. The molecule has 0 amide bonds. The summed E-state index contributed by atoms with van der Waals surface area (Å²) >= 11 is 0. The van der Waals surface area contributed by atoms with E-state index in [4.69, 9.17) is 24.1 Å². The van der Waals surface area contributed by atoms with Gasteiger partial charge in [0.2, 0.25) is 0 Å². The Morgan fingerprint density at radius 2 is 1.68 bits per heavy atom. The molecular weight excluding hydrogens is 506 g/mol. The Labute approximate surface area is 222 Å². The number of anilines is 1. The summed E-state index contributed by atoms with van der Waals surface area (Å²) in [6, 6.07) is 0. The molecule has 0 aromatic carbocycles. The van der Waals surface area contributed by atoms with Crippen LogP contribution in [0.2, 0.25) is 36.3 Å². The Kier molecular flexibility index (Phi) is 8.31. The SMILES string of the molecule is COC(=O)C[C@@H]1[C@@H](O[Si](C)(C)C(C)(C)C)[C@H](n2cnc3c(N)ncnc32)O[C@@H]1CO[Si](C)(C)C(C)(C)C. The molecule has 4 atom stereocenters. The van der Waals surface area contributed by atoms with Crippen molar-refractivity contribution in [2.75, 3.05) is 19.5 Å². The van der Waals surface area contributed by atoms with Gasteiger partial charge in [0.25, 0.3) is 0 Å². The highest BCUT2D eigenvalue weighted by molar-refractivity contribution is 6.74. The van der Waals surface area contributed by atoms with E-state index in [9.17, 15) is 4.79 Å². The van der Waals surface area contributed by atoms with E-state index in [1.165, 1.54) is 13.4 Å². The minimum Gasteiger partial charge on any atom is -0.469 e. The van der Waals surface area contributed by atoms with Crippen LogP contribution in [0.3, 0.4) is 0 Å². The average molecular weight is 552 g/mol. The van der Waals surface area contributed by atoms with Gasteiger partial charge in [-0.1, -0.05) is 41.5 Å². The van der Waals surface area contributed by atoms with Crippen molar-refractivity contribution in [2.24, 2.45) is 5.92 Å². The molecule has 0 spiro atoms. The highest BCUT2D eigenvalue weighted by Crippen LogP contribution is 2.46. The van der Waals surface area contributed by atoms with Gasteiger partial charge in [0.15, 0.2) is 34.3 Å². The van der Waals surface area contributed by atoms with Crippen molar-refractivity contribution >= 4 is 39.6 Å². The van der Waals surface area contributed by atoms with Gasteiger partial charge >= 0.3 is 5.97 Å². The second-order valence-corrected chi connectivity index (χ2v) is 22.6. The number of rotatable bonds is 8. The molecule has 3 rings (SSSR count). The van der Waals surface area contributed by atoms with E-state index >= 15 is 0 Å². The number of carbonyl (C=O) groups excluding carboxylic acids is 1. The van der Waals surface area contributed by atoms with Crippen LogP contribution in [-0.2, 0) is 23.1 Å². The van der Waals surface area contributed by atoms with E-state index in [0.29, 0.717) is 23.6 Å². The fourth-order valence-electron chi connectivity index (χ4n) is 3.92. The van der Waals surface area contributed by atoms with Crippen LogP contribution in [-0.4, -0.2) is 68.0 Å². The lowest BCUT2D eigenvalue weighted by Gasteiger charge is -2.41. The average Bonchev–Trinajstić information content (AvgIpc) is 3.33. The van der Waals surface area contributed by atoms with Crippen LogP contribution < -0.4 is 5.73 Å². The normalized spacial score (nSPS) is 23.5. The predicted octanol–water partition coefficient (Wildman–Crippen LogP) is 4.90. The maximum atomic E-state index is 12.6. The molecule has 0 radical (unpaired) electrons. The van der Waals surface area contributed by atoms with E-state index in [1.54, 1.807) is 6.33 Å². The number of nitrogens with two attached hydrogens (primary N) is 1. The molecule has 1 aliphatic rings. The summed E-state index contributed by atoms with van der Waals surface area (Å²) in [6.45, 7) is 22.4. The summed E-state index contributed by atoms with van der Waals surface area (Å²) in [7, 11) is -2.95. The predicted molar refractivity (Wildman–Crippen MR) is 149 cm³/mol. The van der Waals surface area contributed by atoms with E-state index in [-0.39, 0.29) is 34.5 Å². The third kappa shape index (κ3) is 6.08. The van der Waals surface area contributed by atoms with Crippen molar-refractivity contribution in [3.05, 3.63) is 12.7 Å². The minimum atomic E-state index is -2.28. The molecule has 1 saturated heterocycles. The number of esters is 1. The van der Waals surface area contributed by atoms with Crippen molar-refractivity contribution in [3.8, 4) is 0 Å². The van der Waals surface area contributed by atoms with Gasteiger partial charge in [0.05, 0.1) is 38.7 Å². The molecule has 1 fully saturated rings. The molecule has 37 heavy (non-hydrogen) atoms.